The molecule has 0 heterocycles. The van der Waals surface area contributed by atoms with Crippen LogP contribution in [0.4, 0.5) is 0 Å². The van der Waals surface area contributed by atoms with Crippen LogP contribution < -0.4 is 9.47 Å². The fraction of sp³-hybridized carbons (Fsp3) is 0.562. The number of carboxylic acids is 1. The summed E-state index contributed by atoms with van der Waals surface area (Å²) in [6, 6.07) is 5.88. The molecule has 0 aliphatic rings. The number of hydrogen-bond acceptors (Lipinski definition) is 3. The van der Waals surface area contributed by atoms with E-state index < -0.39 is 5.97 Å². The second-order valence-corrected chi connectivity index (χ2v) is 5.59. The Morgan fingerprint density at radius 3 is 2.10 bits per heavy atom. The van der Waals surface area contributed by atoms with Gasteiger partial charge in [0.15, 0.2) is 0 Å². The normalized spacial score (nSPS) is 11.2. The number of carbonyl (C=O) groups is 1. The fourth-order valence-electron chi connectivity index (χ4n) is 2.19. The van der Waals surface area contributed by atoms with Crippen LogP contribution in [0.15, 0.2) is 18.2 Å². The lowest BCUT2D eigenvalue weighted by molar-refractivity contribution is -0.137. The number of rotatable bonds is 8. The smallest absolute Gasteiger partial charge is 0.303 e. The lowest BCUT2D eigenvalue weighted by Crippen LogP contribution is -2.17. The molecule has 4 heteroatoms. The van der Waals surface area contributed by atoms with Gasteiger partial charge in [-0.05, 0) is 36.0 Å². The average molecular weight is 280 g/mol. The summed E-state index contributed by atoms with van der Waals surface area (Å²) in [7, 11) is 3.27. The molecule has 1 aromatic rings. The van der Waals surface area contributed by atoms with Crippen molar-refractivity contribution in [2.45, 2.75) is 44.9 Å². The molecule has 112 valence electrons. The molecular formula is C16H24O4. The van der Waals surface area contributed by atoms with Crippen LogP contribution in [0.1, 0.15) is 45.1 Å². The molecule has 0 atom stereocenters. The van der Waals surface area contributed by atoms with Crippen molar-refractivity contribution in [1.82, 2.24) is 0 Å². The number of hydrogen-bond donors (Lipinski definition) is 1. The van der Waals surface area contributed by atoms with Crippen molar-refractivity contribution in [2.75, 3.05) is 14.2 Å². The summed E-state index contributed by atoms with van der Waals surface area (Å²) in [4.78, 5) is 10.5. The van der Waals surface area contributed by atoms with E-state index in [9.17, 15) is 4.79 Å². The lowest BCUT2D eigenvalue weighted by Gasteiger charge is -2.26. The van der Waals surface area contributed by atoms with E-state index in [1.807, 2.05) is 18.2 Å². The van der Waals surface area contributed by atoms with E-state index in [-0.39, 0.29) is 11.8 Å². The minimum absolute atomic E-state index is 0.0413. The molecule has 1 aromatic carbocycles. The Hall–Kier alpha value is -1.71. The number of ether oxygens (including phenoxy) is 2. The third kappa shape index (κ3) is 4.76. The Kier molecular flexibility index (Phi) is 5.86. The highest BCUT2D eigenvalue weighted by molar-refractivity contribution is 5.66. The van der Waals surface area contributed by atoms with E-state index in [0.717, 1.165) is 29.9 Å². The van der Waals surface area contributed by atoms with E-state index in [1.165, 1.54) is 0 Å². The zero-order valence-electron chi connectivity index (χ0n) is 12.7. The summed E-state index contributed by atoms with van der Waals surface area (Å²) in [5, 5.41) is 8.66. The quantitative estimate of drug-likeness (QED) is 0.739. The molecule has 4 nitrogen and oxygen atoms in total. The van der Waals surface area contributed by atoms with Gasteiger partial charge in [0.2, 0.25) is 0 Å². The van der Waals surface area contributed by atoms with Gasteiger partial charge in [0.25, 0.3) is 0 Å². The molecule has 0 spiro atoms. The number of aliphatic carboxylic acids is 1. The Morgan fingerprint density at radius 2 is 1.65 bits per heavy atom. The van der Waals surface area contributed by atoms with Gasteiger partial charge in [-0.2, -0.15) is 0 Å². The van der Waals surface area contributed by atoms with E-state index >= 15 is 0 Å². The van der Waals surface area contributed by atoms with Gasteiger partial charge in [-0.15, -0.1) is 0 Å². The van der Waals surface area contributed by atoms with E-state index in [1.54, 1.807) is 14.2 Å². The maximum Gasteiger partial charge on any atom is 0.303 e. The predicted octanol–water partition coefficient (Wildman–Crippen LogP) is 3.63. The van der Waals surface area contributed by atoms with Crippen molar-refractivity contribution < 1.29 is 19.4 Å². The van der Waals surface area contributed by atoms with Gasteiger partial charge in [0.05, 0.1) is 14.2 Å². The van der Waals surface area contributed by atoms with Gasteiger partial charge in [0.1, 0.15) is 11.5 Å². The second kappa shape index (κ2) is 7.17. The highest BCUT2D eigenvalue weighted by Crippen LogP contribution is 2.34. The van der Waals surface area contributed by atoms with Crippen LogP contribution in [0.25, 0.3) is 0 Å². The molecule has 0 fully saturated rings. The summed E-state index contributed by atoms with van der Waals surface area (Å²) < 4.78 is 10.6. The van der Waals surface area contributed by atoms with E-state index in [2.05, 4.69) is 13.8 Å². The molecule has 0 saturated carbocycles. The molecule has 0 radical (unpaired) electrons. The largest absolute Gasteiger partial charge is 0.497 e. The van der Waals surface area contributed by atoms with Crippen molar-refractivity contribution in [2.24, 2.45) is 0 Å². The Balaban J connectivity index is 2.77. The third-order valence-corrected chi connectivity index (χ3v) is 3.58. The highest BCUT2D eigenvalue weighted by atomic mass is 16.5. The van der Waals surface area contributed by atoms with Gasteiger partial charge >= 0.3 is 5.97 Å². The molecular weight excluding hydrogens is 256 g/mol. The van der Waals surface area contributed by atoms with Gasteiger partial charge in [-0.3, -0.25) is 4.79 Å². The first-order valence-electron chi connectivity index (χ1n) is 6.84. The first-order chi connectivity index (χ1) is 9.39. The van der Waals surface area contributed by atoms with Crippen molar-refractivity contribution in [1.29, 1.82) is 0 Å². The maximum atomic E-state index is 10.5. The van der Waals surface area contributed by atoms with Gasteiger partial charge in [-0.25, -0.2) is 0 Å². The molecule has 0 amide bonds. The molecule has 0 bridgehead atoms. The number of unbranched alkanes of at least 4 members (excludes halogenated alkanes) is 1. The van der Waals surface area contributed by atoms with Crippen LogP contribution in [0, 0.1) is 0 Å². The first kappa shape index (κ1) is 16.3. The summed E-state index contributed by atoms with van der Waals surface area (Å²) >= 11 is 0. The third-order valence-electron chi connectivity index (χ3n) is 3.58. The summed E-state index contributed by atoms with van der Waals surface area (Å²) in [5.74, 6) is 0.821. The minimum Gasteiger partial charge on any atom is -0.497 e. The zero-order valence-corrected chi connectivity index (χ0v) is 12.7. The monoisotopic (exact) mass is 280 g/mol. The summed E-state index contributed by atoms with van der Waals surface area (Å²) in [6.45, 7) is 4.31. The van der Waals surface area contributed by atoms with Crippen molar-refractivity contribution in [3.05, 3.63) is 23.8 Å². The molecule has 0 aliphatic heterocycles. The molecule has 0 aliphatic carbocycles. The van der Waals surface area contributed by atoms with Crippen LogP contribution in [-0.4, -0.2) is 25.3 Å². The van der Waals surface area contributed by atoms with Crippen molar-refractivity contribution >= 4 is 5.97 Å². The van der Waals surface area contributed by atoms with E-state index in [0.29, 0.717) is 6.42 Å². The molecule has 0 saturated heterocycles. The Bertz CT molecular complexity index is 430. The molecule has 20 heavy (non-hydrogen) atoms. The molecule has 0 aromatic heterocycles. The molecule has 1 rings (SSSR count). The number of carboxylic acid groups (broad SMARTS) is 1. The van der Waals surface area contributed by atoms with Crippen LogP contribution in [0.2, 0.25) is 0 Å². The average Bonchev–Trinajstić information content (AvgIpc) is 2.42. The van der Waals surface area contributed by atoms with Gasteiger partial charge in [-0.1, -0.05) is 20.3 Å². The summed E-state index contributed by atoms with van der Waals surface area (Å²) in [6.07, 6.45) is 2.76. The first-order valence-corrected chi connectivity index (χ1v) is 6.84. The summed E-state index contributed by atoms with van der Waals surface area (Å²) in [5.41, 5.74) is 1.10. The molecule has 0 unspecified atom stereocenters. The van der Waals surface area contributed by atoms with E-state index in [4.69, 9.17) is 14.6 Å². The van der Waals surface area contributed by atoms with Crippen LogP contribution >= 0.6 is 0 Å². The Morgan fingerprint density at radius 1 is 1.10 bits per heavy atom. The lowest BCUT2D eigenvalue weighted by atomic mass is 9.80. The van der Waals surface area contributed by atoms with Crippen LogP contribution in [0.3, 0.4) is 0 Å². The van der Waals surface area contributed by atoms with Crippen molar-refractivity contribution in [3.63, 3.8) is 0 Å². The SMILES string of the molecule is COc1cc(OC)cc(C(C)(C)CCCCC(=O)O)c1. The maximum absolute atomic E-state index is 10.5. The van der Waals surface area contributed by atoms with Crippen molar-refractivity contribution in [3.8, 4) is 11.5 Å². The number of methoxy groups -OCH3 is 2. The Labute approximate surface area is 120 Å². The number of benzene rings is 1. The predicted molar refractivity (Wildman–Crippen MR) is 78.7 cm³/mol. The molecule has 1 N–H and O–H groups in total. The second-order valence-electron chi connectivity index (χ2n) is 5.59. The van der Waals surface area contributed by atoms with Crippen LogP contribution in [-0.2, 0) is 10.2 Å². The topological polar surface area (TPSA) is 55.8 Å². The fourth-order valence-corrected chi connectivity index (χ4v) is 2.19. The highest BCUT2D eigenvalue weighted by Gasteiger charge is 2.22. The van der Waals surface area contributed by atoms with Crippen LogP contribution in [0.5, 0.6) is 11.5 Å². The minimum atomic E-state index is -0.731. The standard InChI is InChI=1S/C16H24O4/c1-16(2,8-6-5-7-15(17)18)12-9-13(19-3)11-14(10-12)20-4/h9-11H,5-8H2,1-4H3,(H,17,18). The van der Waals surface area contributed by atoms with Gasteiger partial charge < -0.3 is 14.6 Å². The zero-order chi connectivity index (χ0) is 15.2. The van der Waals surface area contributed by atoms with Gasteiger partial charge in [0, 0.05) is 12.5 Å².